The molecule has 1 aromatic carbocycles. The molecule has 2 rings (SSSR count). The molecule has 4 heteroatoms. The van der Waals surface area contributed by atoms with E-state index >= 15 is 0 Å². The lowest BCUT2D eigenvalue weighted by molar-refractivity contribution is 0.321. The molecule has 0 aliphatic rings. The van der Waals surface area contributed by atoms with Gasteiger partial charge in [-0.25, -0.2) is 9.37 Å². The minimum Gasteiger partial charge on any atom is -0.493 e. The molecule has 0 spiro atoms. The summed E-state index contributed by atoms with van der Waals surface area (Å²) in [6.07, 6.45) is 2.60. The monoisotopic (exact) mass is 237 g/mol. The molecule has 0 aliphatic heterocycles. The highest BCUT2D eigenvalue weighted by Gasteiger charge is 1.98. The molecule has 0 unspecified atom stereocenters. The van der Waals surface area contributed by atoms with E-state index in [0.717, 1.165) is 17.2 Å². The Labute approximate surface area is 97.7 Å². The van der Waals surface area contributed by atoms with Gasteiger partial charge in [0.2, 0.25) is 0 Å². The molecule has 0 saturated heterocycles. The van der Waals surface area contributed by atoms with Crippen molar-refractivity contribution in [2.75, 3.05) is 6.61 Å². The van der Waals surface area contributed by atoms with Crippen molar-refractivity contribution in [3.8, 4) is 5.75 Å². The number of nitrogens with zero attached hydrogens (tertiary/aromatic N) is 1. The molecule has 0 saturated carbocycles. The van der Waals surface area contributed by atoms with Crippen LogP contribution in [0.3, 0.4) is 0 Å². The Morgan fingerprint density at radius 1 is 1.25 bits per heavy atom. The number of benzene rings is 1. The topological polar surface area (TPSA) is 22.1 Å². The zero-order valence-corrected chi connectivity index (χ0v) is 9.54. The van der Waals surface area contributed by atoms with Gasteiger partial charge in [-0.2, -0.15) is 0 Å². The van der Waals surface area contributed by atoms with Crippen LogP contribution in [0.4, 0.5) is 4.39 Å². The van der Waals surface area contributed by atoms with Gasteiger partial charge in [-0.1, -0.05) is 12.1 Å². The van der Waals surface area contributed by atoms with Gasteiger partial charge < -0.3 is 4.74 Å². The van der Waals surface area contributed by atoms with Crippen LogP contribution in [-0.2, 0) is 13.1 Å². The molecule has 0 radical (unpaired) electrons. The molecule has 0 bridgehead atoms. The normalized spacial score (nSPS) is 10.3. The maximum absolute atomic E-state index is 12.2. The lowest BCUT2D eigenvalue weighted by Crippen LogP contribution is -2.00. The Balaban J connectivity index is 1.81. The van der Waals surface area contributed by atoms with E-state index in [-0.39, 0.29) is 0 Å². The maximum atomic E-state index is 12.2. The number of halogens is 1. The molecule has 0 fully saturated rings. The molecule has 0 amide bonds. The van der Waals surface area contributed by atoms with Crippen LogP contribution in [0.5, 0.6) is 5.75 Å². The number of ether oxygens (including phenoxy) is 1. The van der Waals surface area contributed by atoms with E-state index in [0.29, 0.717) is 12.2 Å². The molecule has 0 atom stereocenters. The summed E-state index contributed by atoms with van der Waals surface area (Å²) < 4.78 is 17.8. The van der Waals surface area contributed by atoms with Gasteiger partial charge in [-0.05, 0) is 17.7 Å². The fourth-order valence-corrected chi connectivity index (χ4v) is 1.91. The average molecular weight is 237 g/mol. The largest absolute Gasteiger partial charge is 0.493 e. The van der Waals surface area contributed by atoms with Gasteiger partial charge >= 0.3 is 0 Å². The van der Waals surface area contributed by atoms with Crippen molar-refractivity contribution >= 4 is 11.3 Å². The van der Waals surface area contributed by atoms with Gasteiger partial charge in [-0.15, -0.1) is 11.3 Å². The van der Waals surface area contributed by atoms with E-state index in [1.165, 1.54) is 0 Å². The Morgan fingerprint density at radius 2 is 2.06 bits per heavy atom. The number of rotatable bonds is 5. The second kappa shape index (κ2) is 5.61. The second-order valence-corrected chi connectivity index (χ2v) is 4.28. The van der Waals surface area contributed by atoms with Gasteiger partial charge in [-0.3, -0.25) is 0 Å². The summed E-state index contributed by atoms with van der Waals surface area (Å²) in [6.45, 7) is 0.169. The number of alkyl halides is 1. The molecule has 0 N–H and O–H groups in total. The number of thiazole rings is 1. The summed E-state index contributed by atoms with van der Waals surface area (Å²) in [5, 5.41) is 3.02. The molecular formula is C12H12FNOS. The van der Waals surface area contributed by atoms with Crippen LogP contribution < -0.4 is 4.74 Å². The van der Waals surface area contributed by atoms with Crippen LogP contribution in [0.1, 0.15) is 10.6 Å². The van der Waals surface area contributed by atoms with E-state index in [2.05, 4.69) is 4.98 Å². The molecule has 2 nitrogen and oxygen atoms in total. The Morgan fingerprint density at radius 3 is 2.69 bits per heavy atom. The van der Waals surface area contributed by atoms with Crippen LogP contribution in [0, 0.1) is 0 Å². The van der Waals surface area contributed by atoms with Crippen molar-refractivity contribution in [3.05, 3.63) is 46.4 Å². The quantitative estimate of drug-likeness (QED) is 0.796. The molecule has 1 aromatic heterocycles. The highest BCUT2D eigenvalue weighted by atomic mass is 32.1. The number of aromatic nitrogens is 1. The van der Waals surface area contributed by atoms with E-state index in [4.69, 9.17) is 4.74 Å². The third kappa shape index (κ3) is 3.03. The second-order valence-electron chi connectivity index (χ2n) is 3.30. The summed E-state index contributed by atoms with van der Waals surface area (Å²) in [5.74, 6) is 0.772. The molecular weight excluding hydrogens is 225 g/mol. The molecule has 1 heterocycles. The van der Waals surface area contributed by atoms with E-state index in [1.807, 2.05) is 5.38 Å². The third-order valence-electron chi connectivity index (χ3n) is 2.15. The van der Waals surface area contributed by atoms with E-state index in [1.54, 1.807) is 41.8 Å². The minimum atomic E-state index is -0.431. The predicted molar refractivity (Wildman–Crippen MR) is 62.6 cm³/mol. The Bertz CT molecular complexity index is 413. The van der Waals surface area contributed by atoms with Gasteiger partial charge in [0.1, 0.15) is 12.4 Å². The Kier molecular flexibility index (Phi) is 3.88. The first-order valence-corrected chi connectivity index (χ1v) is 5.92. The van der Waals surface area contributed by atoms with E-state index in [9.17, 15) is 4.39 Å². The standard InChI is InChI=1S/C12H12FNOS/c13-9-10-1-3-11(4-2-10)15-7-5-12-14-6-8-16-12/h1-4,6,8H,5,7,9H2. The molecule has 0 aliphatic carbocycles. The maximum Gasteiger partial charge on any atom is 0.119 e. The number of hydrogen-bond donors (Lipinski definition) is 0. The van der Waals surface area contributed by atoms with Crippen molar-refractivity contribution in [3.63, 3.8) is 0 Å². The first-order chi connectivity index (χ1) is 7.88. The van der Waals surface area contributed by atoms with Crippen LogP contribution in [0.15, 0.2) is 35.8 Å². The van der Waals surface area contributed by atoms with Crippen LogP contribution in [-0.4, -0.2) is 11.6 Å². The van der Waals surface area contributed by atoms with Crippen molar-refractivity contribution in [1.29, 1.82) is 0 Å². The summed E-state index contributed by atoms with van der Waals surface area (Å²) in [5.41, 5.74) is 0.673. The highest BCUT2D eigenvalue weighted by Crippen LogP contribution is 2.13. The lowest BCUT2D eigenvalue weighted by atomic mass is 10.2. The average Bonchev–Trinajstić information content (AvgIpc) is 2.83. The summed E-state index contributed by atoms with van der Waals surface area (Å²) in [6, 6.07) is 7.05. The molecule has 16 heavy (non-hydrogen) atoms. The van der Waals surface area contributed by atoms with E-state index < -0.39 is 6.67 Å². The van der Waals surface area contributed by atoms with Gasteiger partial charge in [0, 0.05) is 18.0 Å². The fourth-order valence-electron chi connectivity index (χ4n) is 1.31. The fraction of sp³-hybridized carbons (Fsp3) is 0.250. The van der Waals surface area contributed by atoms with Crippen molar-refractivity contribution in [1.82, 2.24) is 4.98 Å². The van der Waals surface area contributed by atoms with Gasteiger partial charge in [0.25, 0.3) is 0 Å². The number of hydrogen-bond acceptors (Lipinski definition) is 3. The zero-order chi connectivity index (χ0) is 11.2. The first-order valence-electron chi connectivity index (χ1n) is 5.04. The Hall–Kier alpha value is -1.42. The highest BCUT2D eigenvalue weighted by molar-refractivity contribution is 7.09. The van der Waals surface area contributed by atoms with Crippen LogP contribution in [0.25, 0.3) is 0 Å². The van der Waals surface area contributed by atoms with Crippen LogP contribution in [0.2, 0.25) is 0 Å². The smallest absolute Gasteiger partial charge is 0.119 e. The summed E-state index contributed by atoms with van der Waals surface area (Å²) in [4.78, 5) is 4.16. The van der Waals surface area contributed by atoms with Crippen molar-refractivity contribution in [2.24, 2.45) is 0 Å². The summed E-state index contributed by atoms with van der Waals surface area (Å²) in [7, 11) is 0. The van der Waals surface area contributed by atoms with Gasteiger partial charge in [0.15, 0.2) is 0 Å². The lowest BCUT2D eigenvalue weighted by Gasteiger charge is -2.04. The third-order valence-corrected chi connectivity index (χ3v) is 2.99. The minimum absolute atomic E-state index is 0.431. The molecule has 2 aromatic rings. The van der Waals surface area contributed by atoms with Gasteiger partial charge in [0.05, 0.1) is 11.6 Å². The zero-order valence-electron chi connectivity index (χ0n) is 8.73. The molecule has 84 valence electrons. The van der Waals surface area contributed by atoms with Crippen molar-refractivity contribution < 1.29 is 9.13 Å². The predicted octanol–water partition coefficient (Wildman–Crippen LogP) is 3.23. The van der Waals surface area contributed by atoms with Crippen LogP contribution >= 0.6 is 11.3 Å². The SMILES string of the molecule is FCc1ccc(OCCc2nccs2)cc1. The van der Waals surface area contributed by atoms with Crippen molar-refractivity contribution in [2.45, 2.75) is 13.1 Å². The summed E-state index contributed by atoms with van der Waals surface area (Å²) >= 11 is 1.62. The first kappa shape index (κ1) is 11.1.